The summed E-state index contributed by atoms with van der Waals surface area (Å²) in [6.45, 7) is 3.90. The van der Waals surface area contributed by atoms with Gasteiger partial charge in [0.1, 0.15) is 0 Å². The van der Waals surface area contributed by atoms with Gasteiger partial charge in [-0.3, -0.25) is 9.36 Å². The smallest absolute Gasteiger partial charge is 0.222 e. The van der Waals surface area contributed by atoms with Crippen LogP contribution in [-0.2, 0) is 4.79 Å². The van der Waals surface area contributed by atoms with Crippen molar-refractivity contribution in [2.75, 3.05) is 18.8 Å². The topological polar surface area (TPSA) is 64.2 Å². The summed E-state index contributed by atoms with van der Waals surface area (Å²) >= 11 is 1.63. The van der Waals surface area contributed by atoms with Crippen LogP contribution in [0.15, 0.2) is 52.2 Å². The number of rotatable bonds is 7. The lowest BCUT2D eigenvalue weighted by Crippen LogP contribution is -2.35. The number of aromatic nitrogens is 3. The summed E-state index contributed by atoms with van der Waals surface area (Å²) in [6, 6.07) is 12.0. The van der Waals surface area contributed by atoms with Crippen LogP contribution in [0.25, 0.3) is 17.3 Å². The van der Waals surface area contributed by atoms with Crippen molar-refractivity contribution in [1.82, 2.24) is 19.7 Å². The fourth-order valence-electron chi connectivity index (χ4n) is 3.54. The van der Waals surface area contributed by atoms with E-state index >= 15 is 0 Å². The fraction of sp³-hybridized carbons (Fsp3) is 0.409. The molecule has 1 saturated heterocycles. The van der Waals surface area contributed by atoms with Gasteiger partial charge in [-0.1, -0.05) is 29.5 Å². The molecule has 3 heterocycles. The summed E-state index contributed by atoms with van der Waals surface area (Å²) in [7, 11) is 0. The highest BCUT2D eigenvalue weighted by Gasteiger charge is 2.19. The molecule has 1 aliphatic rings. The number of benzene rings is 1. The fourth-order valence-corrected chi connectivity index (χ4v) is 4.43. The van der Waals surface area contributed by atoms with Crippen molar-refractivity contribution >= 4 is 17.7 Å². The average molecular weight is 411 g/mol. The van der Waals surface area contributed by atoms with Crippen LogP contribution in [-0.4, -0.2) is 44.4 Å². The van der Waals surface area contributed by atoms with E-state index in [4.69, 9.17) is 4.42 Å². The van der Waals surface area contributed by atoms with Gasteiger partial charge in [-0.2, -0.15) is 0 Å². The van der Waals surface area contributed by atoms with Crippen LogP contribution >= 0.6 is 11.8 Å². The van der Waals surface area contributed by atoms with Crippen LogP contribution in [0.3, 0.4) is 0 Å². The molecule has 1 aliphatic heterocycles. The molecule has 2 aromatic heterocycles. The Morgan fingerprint density at radius 3 is 2.62 bits per heavy atom. The third-order valence-electron chi connectivity index (χ3n) is 5.14. The Hall–Kier alpha value is -2.54. The van der Waals surface area contributed by atoms with Crippen LogP contribution in [0.4, 0.5) is 0 Å². The third-order valence-corrected chi connectivity index (χ3v) is 6.16. The Morgan fingerprint density at radius 2 is 1.90 bits per heavy atom. The number of thioether (sulfide) groups is 1. The summed E-state index contributed by atoms with van der Waals surface area (Å²) in [5, 5.41) is 9.58. The van der Waals surface area contributed by atoms with Crippen molar-refractivity contribution in [3.63, 3.8) is 0 Å². The van der Waals surface area contributed by atoms with E-state index in [0.29, 0.717) is 18.0 Å². The number of aryl methyl sites for hydroxylation is 1. The van der Waals surface area contributed by atoms with E-state index < -0.39 is 0 Å². The lowest BCUT2D eigenvalue weighted by atomic mass is 10.1. The molecule has 4 rings (SSSR count). The van der Waals surface area contributed by atoms with Crippen LogP contribution in [0.1, 0.15) is 37.7 Å². The summed E-state index contributed by atoms with van der Waals surface area (Å²) < 4.78 is 7.58. The summed E-state index contributed by atoms with van der Waals surface area (Å²) in [5.41, 5.74) is 2.20. The van der Waals surface area contributed by atoms with Crippen molar-refractivity contribution in [3.05, 3.63) is 48.2 Å². The van der Waals surface area contributed by atoms with Crippen molar-refractivity contribution < 1.29 is 9.21 Å². The van der Waals surface area contributed by atoms with Gasteiger partial charge < -0.3 is 9.32 Å². The standard InChI is InChI=1S/C22H26N4O2S/c1-17-9-11-18(12-10-17)26-21(19-7-5-15-28-19)23-24-22(26)29-16-6-8-20(27)25-13-3-2-4-14-25/h5,7,9-12,15H,2-4,6,8,13-14,16H2,1H3. The first-order valence-electron chi connectivity index (χ1n) is 10.2. The molecule has 1 aromatic carbocycles. The maximum Gasteiger partial charge on any atom is 0.222 e. The van der Waals surface area contributed by atoms with Gasteiger partial charge in [-0.15, -0.1) is 10.2 Å². The van der Waals surface area contributed by atoms with Gasteiger partial charge in [0.2, 0.25) is 11.7 Å². The molecular weight excluding hydrogens is 384 g/mol. The maximum absolute atomic E-state index is 12.4. The van der Waals surface area contributed by atoms with E-state index in [1.165, 1.54) is 12.0 Å². The van der Waals surface area contributed by atoms with Crippen LogP contribution in [0.5, 0.6) is 0 Å². The minimum Gasteiger partial charge on any atom is -0.461 e. The van der Waals surface area contributed by atoms with E-state index in [1.807, 2.05) is 21.6 Å². The molecule has 29 heavy (non-hydrogen) atoms. The number of nitrogens with zero attached hydrogens (tertiary/aromatic N) is 4. The number of piperidine rings is 1. The number of amides is 1. The van der Waals surface area contributed by atoms with Crippen molar-refractivity contribution in [1.29, 1.82) is 0 Å². The van der Waals surface area contributed by atoms with E-state index in [9.17, 15) is 4.79 Å². The van der Waals surface area contributed by atoms with Gasteiger partial charge in [-0.05, 0) is 56.9 Å². The predicted molar refractivity (Wildman–Crippen MR) is 114 cm³/mol. The highest BCUT2D eigenvalue weighted by molar-refractivity contribution is 7.99. The minimum absolute atomic E-state index is 0.279. The number of furan rings is 1. The second kappa shape index (κ2) is 9.31. The summed E-state index contributed by atoms with van der Waals surface area (Å²) in [5.74, 6) is 2.47. The Morgan fingerprint density at radius 1 is 1.10 bits per heavy atom. The number of carbonyl (C=O) groups excluding carboxylic acids is 1. The molecule has 0 spiro atoms. The third kappa shape index (κ3) is 4.72. The molecule has 152 valence electrons. The second-order valence-corrected chi connectivity index (χ2v) is 8.41. The molecular formula is C22H26N4O2S. The SMILES string of the molecule is Cc1ccc(-n2c(SCCCC(=O)N3CCCCC3)nnc2-c2ccco2)cc1. The minimum atomic E-state index is 0.279. The van der Waals surface area contributed by atoms with E-state index in [2.05, 4.69) is 41.4 Å². The van der Waals surface area contributed by atoms with Crippen LogP contribution in [0.2, 0.25) is 0 Å². The first-order valence-corrected chi connectivity index (χ1v) is 11.2. The van der Waals surface area contributed by atoms with E-state index in [1.54, 1.807) is 18.0 Å². The van der Waals surface area contributed by atoms with Crippen LogP contribution < -0.4 is 0 Å². The maximum atomic E-state index is 12.4. The molecule has 0 unspecified atom stereocenters. The normalized spacial score (nSPS) is 14.3. The Labute approximate surface area is 175 Å². The number of hydrogen-bond acceptors (Lipinski definition) is 5. The molecule has 0 radical (unpaired) electrons. The van der Waals surface area contributed by atoms with Crippen molar-refractivity contribution in [2.24, 2.45) is 0 Å². The van der Waals surface area contributed by atoms with Crippen LogP contribution in [0, 0.1) is 6.92 Å². The average Bonchev–Trinajstić information content (AvgIpc) is 3.42. The van der Waals surface area contributed by atoms with Gasteiger partial charge in [-0.25, -0.2) is 0 Å². The predicted octanol–water partition coefficient (Wildman–Crippen LogP) is 4.72. The Balaban J connectivity index is 1.44. The number of hydrogen-bond donors (Lipinski definition) is 0. The first kappa shape index (κ1) is 19.8. The summed E-state index contributed by atoms with van der Waals surface area (Å²) in [6.07, 6.45) is 6.58. The van der Waals surface area contributed by atoms with Gasteiger partial charge in [0, 0.05) is 31.0 Å². The van der Waals surface area contributed by atoms with E-state index in [-0.39, 0.29) is 5.91 Å². The van der Waals surface area contributed by atoms with Gasteiger partial charge in [0.25, 0.3) is 0 Å². The molecule has 0 atom stereocenters. The molecule has 0 N–H and O–H groups in total. The van der Waals surface area contributed by atoms with Gasteiger partial charge in [0.15, 0.2) is 10.9 Å². The molecule has 1 amide bonds. The molecule has 3 aromatic rings. The van der Waals surface area contributed by atoms with Crippen molar-refractivity contribution in [3.8, 4) is 17.3 Å². The van der Waals surface area contributed by atoms with E-state index in [0.717, 1.165) is 48.9 Å². The van der Waals surface area contributed by atoms with Crippen molar-refractivity contribution in [2.45, 2.75) is 44.2 Å². The monoisotopic (exact) mass is 410 g/mol. The largest absolute Gasteiger partial charge is 0.461 e. The molecule has 0 bridgehead atoms. The molecule has 7 heteroatoms. The highest BCUT2D eigenvalue weighted by Crippen LogP contribution is 2.29. The zero-order valence-corrected chi connectivity index (χ0v) is 17.5. The number of likely N-dealkylation sites (tertiary alicyclic amines) is 1. The Kier molecular flexibility index (Phi) is 6.34. The van der Waals surface area contributed by atoms with Gasteiger partial charge >= 0.3 is 0 Å². The first-order chi connectivity index (χ1) is 14.2. The molecule has 0 aliphatic carbocycles. The zero-order chi connectivity index (χ0) is 20.1. The zero-order valence-electron chi connectivity index (χ0n) is 16.7. The highest BCUT2D eigenvalue weighted by atomic mass is 32.2. The lowest BCUT2D eigenvalue weighted by molar-refractivity contribution is -0.132. The number of carbonyl (C=O) groups is 1. The molecule has 1 fully saturated rings. The van der Waals surface area contributed by atoms with Gasteiger partial charge in [0.05, 0.1) is 6.26 Å². The Bertz CT molecular complexity index is 928. The second-order valence-electron chi connectivity index (χ2n) is 7.35. The quantitative estimate of drug-likeness (QED) is 0.416. The molecule has 6 nitrogen and oxygen atoms in total. The molecule has 0 saturated carbocycles. The summed E-state index contributed by atoms with van der Waals surface area (Å²) in [4.78, 5) is 14.4. The lowest BCUT2D eigenvalue weighted by Gasteiger charge is -2.26.